The van der Waals surface area contributed by atoms with Crippen LogP contribution in [0.4, 0.5) is 0 Å². The molecule has 0 aliphatic carbocycles. The van der Waals surface area contributed by atoms with Crippen LogP contribution in [-0.4, -0.2) is 18.0 Å². The zero-order valence-electron chi connectivity index (χ0n) is 12.2. The largest absolute Gasteiger partial charge is 0.347 e. The third-order valence-electron chi connectivity index (χ3n) is 3.71. The molecule has 0 aromatic heterocycles. The molecule has 1 aliphatic rings. The van der Waals surface area contributed by atoms with Crippen molar-refractivity contribution in [2.45, 2.75) is 52.1 Å². The van der Waals surface area contributed by atoms with Gasteiger partial charge in [-0.2, -0.15) is 0 Å². The van der Waals surface area contributed by atoms with E-state index in [1.54, 1.807) is 0 Å². The Morgan fingerprint density at radius 3 is 2.95 bits per heavy atom. The van der Waals surface area contributed by atoms with Gasteiger partial charge in [-0.15, -0.1) is 0 Å². The van der Waals surface area contributed by atoms with Gasteiger partial charge in [0, 0.05) is 17.6 Å². The standard InChI is InChI=1S/C16H24N2O/c1-4-9-16(2,3)18-15(19)14-7-5-6-12-11-17-10-8-13(12)14/h5-7,17H,4,8-11H2,1-3H3,(H,18,19). The molecular formula is C16H24N2O. The molecule has 0 unspecified atom stereocenters. The summed E-state index contributed by atoms with van der Waals surface area (Å²) in [5.41, 5.74) is 3.18. The molecule has 104 valence electrons. The summed E-state index contributed by atoms with van der Waals surface area (Å²) >= 11 is 0. The van der Waals surface area contributed by atoms with Gasteiger partial charge in [0.05, 0.1) is 0 Å². The molecule has 1 aromatic rings. The minimum atomic E-state index is -0.137. The summed E-state index contributed by atoms with van der Waals surface area (Å²) in [5.74, 6) is 0.0669. The number of fused-ring (bicyclic) bond motifs is 1. The Hall–Kier alpha value is -1.35. The zero-order valence-corrected chi connectivity index (χ0v) is 12.2. The van der Waals surface area contributed by atoms with Crippen LogP contribution >= 0.6 is 0 Å². The minimum Gasteiger partial charge on any atom is -0.347 e. The second-order valence-electron chi connectivity index (χ2n) is 5.96. The maximum absolute atomic E-state index is 12.5. The van der Waals surface area contributed by atoms with E-state index in [9.17, 15) is 4.79 Å². The monoisotopic (exact) mass is 260 g/mol. The number of rotatable bonds is 4. The van der Waals surface area contributed by atoms with Crippen LogP contribution in [0.3, 0.4) is 0 Å². The average molecular weight is 260 g/mol. The number of amides is 1. The van der Waals surface area contributed by atoms with Crippen LogP contribution < -0.4 is 10.6 Å². The van der Waals surface area contributed by atoms with E-state index in [0.717, 1.165) is 37.9 Å². The maximum atomic E-state index is 12.5. The molecule has 2 N–H and O–H groups in total. The highest BCUT2D eigenvalue weighted by Gasteiger charge is 2.23. The lowest BCUT2D eigenvalue weighted by Gasteiger charge is -2.27. The predicted molar refractivity (Wildman–Crippen MR) is 78.3 cm³/mol. The van der Waals surface area contributed by atoms with Gasteiger partial charge in [0.2, 0.25) is 0 Å². The van der Waals surface area contributed by atoms with Crippen LogP contribution in [0.2, 0.25) is 0 Å². The summed E-state index contributed by atoms with van der Waals surface area (Å²) in [5, 5.41) is 6.51. The third kappa shape index (κ3) is 3.35. The molecule has 1 aromatic carbocycles. The molecule has 0 atom stereocenters. The minimum absolute atomic E-state index is 0.0669. The summed E-state index contributed by atoms with van der Waals surface area (Å²) in [6, 6.07) is 6.03. The van der Waals surface area contributed by atoms with Gasteiger partial charge in [-0.3, -0.25) is 4.79 Å². The zero-order chi connectivity index (χ0) is 13.9. The van der Waals surface area contributed by atoms with Gasteiger partial charge in [-0.25, -0.2) is 0 Å². The Morgan fingerprint density at radius 1 is 1.42 bits per heavy atom. The predicted octanol–water partition coefficient (Wildman–Crippen LogP) is 2.64. The van der Waals surface area contributed by atoms with E-state index in [0.29, 0.717) is 0 Å². The Kier molecular flexibility index (Phi) is 4.25. The average Bonchev–Trinajstić information content (AvgIpc) is 2.37. The fourth-order valence-electron chi connectivity index (χ4n) is 2.81. The second-order valence-corrected chi connectivity index (χ2v) is 5.96. The van der Waals surface area contributed by atoms with E-state index >= 15 is 0 Å². The van der Waals surface area contributed by atoms with E-state index < -0.39 is 0 Å². The summed E-state index contributed by atoms with van der Waals surface area (Å²) in [7, 11) is 0. The van der Waals surface area contributed by atoms with Crippen LogP contribution in [0.1, 0.15) is 55.1 Å². The highest BCUT2D eigenvalue weighted by Crippen LogP contribution is 2.20. The van der Waals surface area contributed by atoms with E-state index in [-0.39, 0.29) is 11.4 Å². The molecule has 3 nitrogen and oxygen atoms in total. The van der Waals surface area contributed by atoms with Gasteiger partial charge in [-0.05, 0) is 50.4 Å². The maximum Gasteiger partial charge on any atom is 0.251 e. The Morgan fingerprint density at radius 2 is 2.21 bits per heavy atom. The molecule has 0 spiro atoms. The van der Waals surface area contributed by atoms with E-state index in [4.69, 9.17) is 0 Å². The number of carbonyl (C=O) groups excluding carboxylic acids is 1. The lowest BCUT2D eigenvalue weighted by Crippen LogP contribution is -2.43. The van der Waals surface area contributed by atoms with Crippen LogP contribution in [0, 0.1) is 0 Å². The molecule has 1 heterocycles. The van der Waals surface area contributed by atoms with Gasteiger partial charge >= 0.3 is 0 Å². The molecule has 0 radical (unpaired) electrons. The van der Waals surface area contributed by atoms with Crippen molar-refractivity contribution >= 4 is 5.91 Å². The van der Waals surface area contributed by atoms with Crippen LogP contribution in [-0.2, 0) is 13.0 Å². The Labute approximate surface area is 115 Å². The fraction of sp³-hybridized carbons (Fsp3) is 0.562. The number of carbonyl (C=O) groups is 1. The summed E-state index contributed by atoms with van der Waals surface area (Å²) in [6.07, 6.45) is 3.01. The molecule has 0 bridgehead atoms. The number of benzene rings is 1. The Balaban J connectivity index is 2.20. The molecule has 1 aliphatic heterocycles. The molecule has 3 heteroatoms. The van der Waals surface area contributed by atoms with Gasteiger partial charge in [0.15, 0.2) is 0 Å². The highest BCUT2D eigenvalue weighted by atomic mass is 16.1. The van der Waals surface area contributed by atoms with E-state index in [1.165, 1.54) is 11.1 Å². The lowest BCUT2D eigenvalue weighted by atomic mass is 9.93. The molecule has 19 heavy (non-hydrogen) atoms. The topological polar surface area (TPSA) is 41.1 Å². The van der Waals surface area contributed by atoms with Crippen molar-refractivity contribution in [2.24, 2.45) is 0 Å². The highest BCUT2D eigenvalue weighted by molar-refractivity contribution is 5.96. The fourth-order valence-corrected chi connectivity index (χ4v) is 2.81. The first-order valence-electron chi connectivity index (χ1n) is 7.17. The number of nitrogens with one attached hydrogen (secondary N) is 2. The van der Waals surface area contributed by atoms with Crippen molar-refractivity contribution in [3.8, 4) is 0 Å². The van der Waals surface area contributed by atoms with Crippen molar-refractivity contribution in [1.29, 1.82) is 0 Å². The number of hydrogen-bond acceptors (Lipinski definition) is 2. The lowest BCUT2D eigenvalue weighted by molar-refractivity contribution is 0.0907. The van der Waals surface area contributed by atoms with Crippen molar-refractivity contribution in [3.05, 3.63) is 34.9 Å². The van der Waals surface area contributed by atoms with Gasteiger partial charge in [-0.1, -0.05) is 25.5 Å². The summed E-state index contributed by atoms with van der Waals surface area (Å²) < 4.78 is 0. The molecule has 0 saturated heterocycles. The van der Waals surface area contributed by atoms with Crippen LogP contribution in [0.5, 0.6) is 0 Å². The number of hydrogen-bond donors (Lipinski definition) is 2. The normalized spacial score (nSPS) is 14.9. The van der Waals surface area contributed by atoms with Crippen molar-refractivity contribution in [2.75, 3.05) is 6.54 Å². The molecule has 0 fully saturated rings. The first-order valence-corrected chi connectivity index (χ1v) is 7.17. The summed E-state index contributed by atoms with van der Waals surface area (Å²) in [6.45, 7) is 8.14. The van der Waals surface area contributed by atoms with E-state index in [2.05, 4.69) is 37.5 Å². The first-order chi connectivity index (χ1) is 9.03. The molecule has 1 amide bonds. The molecule has 2 rings (SSSR count). The second kappa shape index (κ2) is 5.74. The van der Waals surface area contributed by atoms with Crippen LogP contribution in [0.25, 0.3) is 0 Å². The molecular weight excluding hydrogens is 236 g/mol. The quantitative estimate of drug-likeness (QED) is 0.874. The summed E-state index contributed by atoms with van der Waals surface area (Å²) in [4.78, 5) is 12.5. The van der Waals surface area contributed by atoms with Crippen molar-refractivity contribution in [3.63, 3.8) is 0 Å². The molecule has 0 saturated carbocycles. The van der Waals surface area contributed by atoms with Crippen molar-refractivity contribution < 1.29 is 4.79 Å². The van der Waals surface area contributed by atoms with Crippen molar-refractivity contribution in [1.82, 2.24) is 10.6 Å². The Bertz CT molecular complexity index is 466. The third-order valence-corrected chi connectivity index (χ3v) is 3.71. The van der Waals surface area contributed by atoms with Crippen LogP contribution in [0.15, 0.2) is 18.2 Å². The SMILES string of the molecule is CCCC(C)(C)NC(=O)c1cccc2c1CCNC2. The van der Waals surface area contributed by atoms with E-state index in [1.807, 2.05) is 12.1 Å². The van der Waals surface area contributed by atoms with Gasteiger partial charge in [0.25, 0.3) is 5.91 Å². The van der Waals surface area contributed by atoms with Gasteiger partial charge in [0.1, 0.15) is 0 Å². The smallest absolute Gasteiger partial charge is 0.251 e. The first kappa shape index (κ1) is 14.1. The van der Waals surface area contributed by atoms with Gasteiger partial charge < -0.3 is 10.6 Å².